The van der Waals surface area contributed by atoms with Crippen molar-refractivity contribution in [2.45, 2.75) is 31.8 Å². The smallest absolute Gasteiger partial charge is 0.313 e. The molecule has 0 unspecified atom stereocenters. The summed E-state index contributed by atoms with van der Waals surface area (Å²) in [7, 11) is 0. The molecule has 0 saturated carbocycles. The number of esters is 1. The SMILES string of the molecule is CC[C@@H](C(=O)O[C@H]1CCOC1)c1ccccc1. The first kappa shape index (κ1) is 12.1. The average Bonchev–Trinajstić information content (AvgIpc) is 2.84. The van der Waals surface area contributed by atoms with Gasteiger partial charge in [-0.2, -0.15) is 0 Å². The molecule has 17 heavy (non-hydrogen) atoms. The molecule has 0 radical (unpaired) electrons. The van der Waals surface area contributed by atoms with Crippen LogP contribution >= 0.6 is 0 Å². The zero-order valence-electron chi connectivity index (χ0n) is 10.1. The van der Waals surface area contributed by atoms with E-state index in [1.807, 2.05) is 37.3 Å². The number of rotatable bonds is 4. The van der Waals surface area contributed by atoms with Gasteiger partial charge in [-0.05, 0) is 12.0 Å². The largest absolute Gasteiger partial charge is 0.459 e. The lowest BCUT2D eigenvalue weighted by atomic mass is 9.97. The van der Waals surface area contributed by atoms with Crippen molar-refractivity contribution in [2.75, 3.05) is 13.2 Å². The van der Waals surface area contributed by atoms with Gasteiger partial charge in [0.1, 0.15) is 6.10 Å². The van der Waals surface area contributed by atoms with Crippen LogP contribution in [0.2, 0.25) is 0 Å². The first-order chi connectivity index (χ1) is 8.31. The Morgan fingerprint density at radius 1 is 1.47 bits per heavy atom. The Bertz CT molecular complexity index is 355. The number of hydrogen-bond donors (Lipinski definition) is 0. The Morgan fingerprint density at radius 3 is 2.82 bits per heavy atom. The summed E-state index contributed by atoms with van der Waals surface area (Å²) in [5.74, 6) is -0.286. The number of ether oxygens (including phenoxy) is 2. The van der Waals surface area contributed by atoms with Gasteiger partial charge < -0.3 is 9.47 Å². The van der Waals surface area contributed by atoms with Gasteiger partial charge in [0, 0.05) is 6.42 Å². The van der Waals surface area contributed by atoms with Crippen LogP contribution in [-0.2, 0) is 14.3 Å². The standard InChI is InChI=1S/C14H18O3/c1-2-13(11-6-4-3-5-7-11)14(15)17-12-8-9-16-10-12/h3-7,12-13H,2,8-10H2,1H3/t12-,13+/m0/s1. The summed E-state index contributed by atoms with van der Waals surface area (Å²) in [6, 6.07) is 9.79. The van der Waals surface area contributed by atoms with Gasteiger partial charge in [0.15, 0.2) is 0 Å². The molecule has 0 N–H and O–H groups in total. The lowest BCUT2D eigenvalue weighted by molar-refractivity contribution is -0.151. The third kappa shape index (κ3) is 3.07. The predicted molar refractivity (Wildman–Crippen MR) is 64.8 cm³/mol. The maximum Gasteiger partial charge on any atom is 0.313 e. The fourth-order valence-corrected chi connectivity index (χ4v) is 2.08. The van der Waals surface area contributed by atoms with Gasteiger partial charge in [0.25, 0.3) is 0 Å². The van der Waals surface area contributed by atoms with E-state index in [1.54, 1.807) is 0 Å². The second-order valence-electron chi connectivity index (χ2n) is 4.29. The molecule has 2 atom stereocenters. The highest BCUT2D eigenvalue weighted by atomic mass is 16.6. The molecule has 0 bridgehead atoms. The van der Waals surface area contributed by atoms with Crippen molar-refractivity contribution in [2.24, 2.45) is 0 Å². The first-order valence-corrected chi connectivity index (χ1v) is 6.14. The summed E-state index contributed by atoms with van der Waals surface area (Å²) in [6.45, 7) is 3.24. The normalized spacial score (nSPS) is 21.1. The zero-order chi connectivity index (χ0) is 12.1. The molecule has 2 rings (SSSR count). The third-order valence-electron chi connectivity index (χ3n) is 3.07. The topological polar surface area (TPSA) is 35.5 Å². The Morgan fingerprint density at radius 2 is 2.24 bits per heavy atom. The van der Waals surface area contributed by atoms with Crippen LogP contribution in [0, 0.1) is 0 Å². The molecule has 0 aromatic heterocycles. The minimum Gasteiger partial charge on any atom is -0.459 e. The summed E-state index contributed by atoms with van der Waals surface area (Å²) in [4.78, 5) is 12.1. The molecule has 0 aliphatic carbocycles. The van der Waals surface area contributed by atoms with E-state index in [-0.39, 0.29) is 18.0 Å². The maximum atomic E-state index is 12.1. The number of carbonyl (C=O) groups is 1. The van der Waals surface area contributed by atoms with Crippen molar-refractivity contribution in [1.82, 2.24) is 0 Å². The molecular weight excluding hydrogens is 216 g/mol. The number of carbonyl (C=O) groups excluding carboxylic acids is 1. The van der Waals surface area contributed by atoms with Crippen LogP contribution in [0.4, 0.5) is 0 Å². The minimum absolute atomic E-state index is 0.0553. The Labute approximate surface area is 102 Å². The van der Waals surface area contributed by atoms with Gasteiger partial charge in [0.05, 0.1) is 19.1 Å². The van der Waals surface area contributed by atoms with Crippen LogP contribution in [-0.4, -0.2) is 25.3 Å². The summed E-state index contributed by atoms with van der Waals surface area (Å²) in [6.07, 6.45) is 1.52. The van der Waals surface area contributed by atoms with E-state index >= 15 is 0 Å². The minimum atomic E-state index is -0.156. The molecule has 0 amide bonds. The second kappa shape index (κ2) is 5.82. The number of benzene rings is 1. The Kier molecular flexibility index (Phi) is 4.15. The van der Waals surface area contributed by atoms with Crippen molar-refractivity contribution >= 4 is 5.97 Å². The summed E-state index contributed by atoms with van der Waals surface area (Å²) < 4.78 is 10.7. The molecule has 3 nitrogen and oxygen atoms in total. The molecule has 1 aliphatic rings. The van der Waals surface area contributed by atoms with E-state index in [0.717, 1.165) is 18.4 Å². The van der Waals surface area contributed by atoms with E-state index in [4.69, 9.17) is 9.47 Å². The van der Waals surface area contributed by atoms with Crippen molar-refractivity contribution in [3.05, 3.63) is 35.9 Å². The molecule has 1 aromatic carbocycles. The molecule has 3 heteroatoms. The molecule has 1 aliphatic heterocycles. The van der Waals surface area contributed by atoms with E-state index in [2.05, 4.69) is 0 Å². The zero-order valence-corrected chi connectivity index (χ0v) is 10.1. The van der Waals surface area contributed by atoms with Gasteiger partial charge in [-0.15, -0.1) is 0 Å². The van der Waals surface area contributed by atoms with Gasteiger partial charge in [-0.25, -0.2) is 0 Å². The average molecular weight is 234 g/mol. The lowest BCUT2D eigenvalue weighted by Gasteiger charge is -2.17. The molecule has 1 saturated heterocycles. The number of hydrogen-bond acceptors (Lipinski definition) is 3. The highest BCUT2D eigenvalue weighted by Crippen LogP contribution is 2.22. The van der Waals surface area contributed by atoms with Crippen LogP contribution < -0.4 is 0 Å². The predicted octanol–water partition coefficient (Wildman–Crippen LogP) is 2.51. The highest BCUT2D eigenvalue weighted by Gasteiger charge is 2.25. The second-order valence-corrected chi connectivity index (χ2v) is 4.29. The molecular formula is C14H18O3. The van der Waals surface area contributed by atoms with Gasteiger partial charge in [-0.3, -0.25) is 4.79 Å². The Hall–Kier alpha value is -1.35. The molecule has 92 valence electrons. The summed E-state index contributed by atoms with van der Waals surface area (Å²) in [5, 5.41) is 0. The first-order valence-electron chi connectivity index (χ1n) is 6.14. The van der Waals surface area contributed by atoms with E-state index in [9.17, 15) is 4.79 Å². The van der Waals surface area contributed by atoms with E-state index < -0.39 is 0 Å². The van der Waals surface area contributed by atoms with Crippen LogP contribution in [0.25, 0.3) is 0 Å². The van der Waals surface area contributed by atoms with Gasteiger partial charge in [0.2, 0.25) is 0 Å². The van der Waals surface area contributed by atoms with Crippen molar-refractivity contribution in [1.29, 1.82) is 0 Å². The fourth-order valence-electron chi connectivity index (χ4n) is 2.08. The maximum absolute atomic E-state index is 12.1. The molecule has 1 fully saturated rings. The van der Waals surface area contributed by atoms with Gasteiger partial charge in [-0.1, -0.05) is 37.3 Å². The Balaban J connectivity index is 2.00. The van der Waals surface area contributed by atoms with E-state index in [0.29, 0.717) is 13.2 Å². The van der Waals surface area contributed by atoms with Crippen molar-refractivity contribution in [3.63, 3.8) is 0 Å². The van der Waals surface area contributed by atoms with Crippen LogP contribution in [0.5, 0.6) is 0 Å². The van der Waals surface area contributed by atoms with E-state index in [1.165, 1.54) is 0 Å². The summed E-state index contributed by atoms with van der Waals surface area (Å²) >= 11 is 0. The van der Waals surface area contributed by atoms with Crippen molar-refractivity contribution in [3.8, 4) is 0 Å². The fraction of sp³-hybridized carbons (Fsp3) is 0.500. The molecule has 0 spiro atoms. The van der Waals surface area contributed by atoms with Crippen LogP contribution in [0.3, 0.4) is 0 Å². The monoisotopic (exact) mass is 234 g/mol. The lowest BCUT2D eigenvalue weighted by Crippen LogP contribution is -2.23. The third-order valence-corrected chi connectivity index (χ3v) is 3.07. The van der Waals surface area contributed by atoms with Crippen LogP contribution in [0.15, 0.2) is 30.3 Å². The summed E-state index contributed by atoms with van der Waals surface area (Å²) in [5.41, 5.74) is 1.03. The highest BCUT2D eigenvalue weighted by molar-refractivity contribution is 5.78. The molecule has 1 heterocycles. The van der Waals surface area contributed by atoms with Crippen molar-refractivity contribution < 1.29 is 14.3 Å². The molecule has 1 aromatic rings. The van der Waals surface area contributed by atoms with Gasteiger partial charge >= 0.3 is 5.97 Å². The van der Waals surface area contributed by atoms with Crippen LogP contribution in [0.1, 0.15) is 31.2 Å². The quantitative estimate of drug-likeness (QED) is 0.751.